The van der Waals surface area contributed by atoms with Gasteiger partial charge in [0.05, 0.1) is 11.6 Å². The van der Waals surface area contributed by atoms with Crippen molar-refractivity contribution in [3.8, 4) is 11.8 Å². The van der Waals surface area contributed by atoms with Crippen molar-refractivity contribution in [2.45, 2.75) is 12.8 Å². The van der Waals surface area contributed by atoms with Crippen LogP contribution in [0.15, 0.2) is 24.3 Å². The van der Waals surface area contributed by atoms with E-state index in [9.17, 15) is 4.79 Å². The molecule has 1 saturated heterocycles. The number of likely N-dealkylation sites (tertiary alicyclic amines) is 1. The van der Waals surface area contributed by atoms with Crippen LogP contribution in [0.3, 0.4) is 0 Å². The molecule has 0 saturated carbocycles. The highest BCUT2D eigenvalue weighted by atomic mass is 16.6. The van der Waals surface area contributed by atoms with Gasteiger partial charge in [0, 0.05) is 13.1 Å². The first-order valence-corrected chi connectivity index (χ1v) is 5.26. The molecule has 1 aromatic rings. The summed E-state index contributed by atoms with van der Waals surface area (Å²) in [5, 5.41) is 8.71. The largest absolute Gasteiger partial charge is 0.415 e. The molecule has 0 unspecified atom stereocenters. The summed E-state index contributed by atoms with van der Waals surface area (Å²) >= 11 is 0. The molecule has 1 aromatic carbocycles. The van der Waals surface area contributed by atoms with Crippen molar-refractivity contribution >= 4 is 6.09 Å². The normalized spacial score (nSPS) is 14.6. The second-order valence-electron chi connectivity index (χ2n) is 3.70. The number of nitriles is 1. The summed E-state index contributed by atoms with van der Waals surface area (Å²) in [6, 6.07) is 8.62. The lowest BCUT2D eigenvalue weighted by atomic mass is 10.2. The van der Waals surface area contributed by atoms with E-state index in [0.29, 0.717) is 11.3 Å². The van der Waals surface area contributed by atoms with E-state index in [4.69, 9.17) is 10.00 Å². The fraction of sp³-hybridized carbons (Fsp3) is 0.333. The van der Waals surface area contributed by atoms with Gasteiger partial charge in [-0.15, -0.1) is 0 Å². The third-order valence-electron chi connectivity index (χ3n) is 2.53. The Morgan fingerprint density at radius 2 is 2.12 bits per heavy atom. The van der Waals surface area contributed by atoms with Crippen molar-refractivity contribution in [1.29, 1.82) is 5.26 Å². The van der Waals surface area contributed by atoms with Gasteiger partial charge in [-0.3, -0.25) is 0 Å². The van der Waals surface area contributed by atoms with Crippen molar-refractivity contribution < 1.29 is 9.53 Å². The Kier molecular flexibility index (Phi) is 3.06. The summed E-state index contributed by atoms with van der Waals surface area (Å²) in [5.74, 6) is 0.427. The monoisotopic (exact) mass is 216 g/mol. The maximum absolute atomic E-state index is 11.6. The second kappa shape index (κ2) is 4.67. The number of carbonyl (C=O) groups excluding carboxylic acids is 1. The van der Waals surface area contributed by atoms with Crippen LogP contribution < -0.4 is 4.74 Å². The van der Waals surface area contributed by atoms with Gasteiger partial charge in [0.2, 0.25) is 0 Å². The Bertz CT molecular complexity index is 431. The number of nitrogens with zero attached hydrogens (tertiary/aromatic N) is 2. The van der Waals surface area contributed by atoms with E-state index in [1.54, 1.807) is 29.2 Å². The molecule has 4 heteroatoms. The molecule has 0 spiro atoms. The SMILES string of the molecule is N#Cc1cccc(OC(=O)N2CCCC2)c1. The van der Waals surface area contributed by atoms with E-state index in [1.165, 1.54) is 0 Å². The number of amides is 1. The summed E-state index contributed by atoms with van der Waals surface area (Å²) in [7, 11) is 0. The molecule has 0 N–H and O–H groups in total. The zero-order chi connectivity index (χ0) is 11.4. The molecule has 1 heterocycles. The lowest BCUT2D eigenvalue weighted by Crippen LogP contribution is -2.30. The third kappa shape index (κ3) is 2.31. The van der Waals surface area contributed by atoms with Crippen molar-refractivity contribution in [1.82, 2.24) is 4.90 Å². The van der Waals surface area contributed by atoms with E-state index in [1.807, 2.05) is 6.07 Å². The molecule has 0 atom stereocenters. The molecule has 1 fully saturated rings. The minimum atomic E-state index is -0.326. The maximum Gasteiger partial charge on any atom is 0.415 e. The van der Waals surface area contributed by atoms with Crippen LogP contribution in [0.5, 0.6) is 5.75 Å². The van der Waals surface area contributed by atoms with Gasteiger partial charge >= 0.3 is 6.09 Å². The molecule has 16 heavy (non-hydrogen) atoms. The Balaban J connectivity index is 2.03. The van der Waals surface area contributed by atoms with Crippen LogP contribution in [0.1, 0.15) is 18.4 Å². The highest BCUT2D eigenvalue weighted by Crippen LogP contribution is 2.15. The minimum absolute atomic E-state index is 0.326. The second-order valence-corrected chi connectivity index (χ2v) is 3.70. The topological polar surface area (TPSA) is 53.3 Å². The molecule has 1 aliphatic rings. The van der Waals surface area contributed by atoms with E-state index < -0.39 is 0 Å². The molecule has 0 aromatic heterocycles. The summed E-state index contributed by atoms with van der Waals surface area (Å²) in [6.45, 7) is 1.52. The van der Waals surface area contributed by atoms with Gasteiger partial charge in [-0.2, -0.15) is 5.26 Å². The average molecular weight is 216 g/mol. The fourth-order valence-electron chi connectivity index (χ4n) is 1.69. The van der Waals surface area contributed by atoms with Gasteiger partial charge in [-0.05, 0) is 31.0 Å². The summed E-state index contributed by atoms with van der Waals surface area (Å²) in [4.78, 5) is 13.3. The number of hydrogen-bond acceptors (Lipinski definition) is 3. The van der Waals surface area contributed by atoms with E-state index in [-0.39, 0.29) is 6.09 Å². The minimum Gasteiger partial charge on any atom is -0.410 e. The first-order chi connectivity index (χ1) is 7.79. The van der Waals surface area contributed by atoms with Crippen LogP contribution in [0.4, 0.5) is 4.79 Å². The van der Waals surface area contributed by atoms with Crippen LogP contribution in [0, 0.1) is 11.3 Å². The van der Waals surface area contributed by atoms with Crippen LogP contribution in [-0.4, -0.2) is 24.1 Å². The van der Waals surface area contributed by atoms with Crippen LogP contribution in [0.25, 0.3) is 0 Å². The molecule has 0 radical (unpaired) electrons. The lowest BCUT2D eigenvalue weighted by molar-refractivity contribution is 0.163. The Morgan fingerprint density at radius 1 is 1.38 bits per heavy atom. The van der Waals surface area contributed by atoms with E-state index in [2.05, 4.69) is 0 Å². The fourth-order valence-corrected chi connectivity index (χ4v) is 1.69. The zero-order valence-electron chi connectivity index (χ0n) is 8.85. The van der Waals surface area contributed by atoms with Crippen molar-refractivity contribution in [2.24, 2.45) is 0 Å². The van der Waals surface area contributed by atoms with E-state index in [0.717, 1.165) is 25.9 Å². The highest BCUT2D eigenvalue weighted by molar-refractivity contribution is 5.71. The van der Waals surface area contributed by atoms with Crippen LogP contribution in [-0.2, 0) is 0 Å². The third-order valence-corrected chi connectivity index (χ3v) is 2.53. The Morgan fingerprint density at radius 3 is 2.81 bits per heavy atom. The predicted molar refractivity (Wildman–Crippen MR) is 58.0 cm³/mol. The Hall–Kier alpha value is -2.02. The number of hydrogen-bond donors (Lipinski definition) is 0. The predicted octanol–water partition coefficient (Wildman–Crippen LogP) is 2.15. The van der Waals surface area contributed by atoms with Gasteiger partial charge in [0.1, 0.15) is 5.75 Å². The molecule has 82 valence electrons. The van der Waals surface area contributed by atoms with Gasteiger partial charge in [0.15, 0.2) is 0 Å². The van der Waals surface area contributed by atoms with Crippen molar-refractivity contribution in [2.75, 3.05) is 13.1 Å². The average Bonchev–Trinajstić information content (AvgIpc) is 2.83. The van der Waals surface area contributed by atoms with Gasteiger partial charge in [0.25, 0.3) is 0 Å². The van der Waals surface area contributed by atoms with Crippen LogP contribution >= 0.6 is 0 Å². The number of ether oxygens (including phenoxy) is 1. The molecular weight excluding hydrogens is 204 g/mol. The smallest absolute Gasteiger partial charge is 0.410 e. The summed E-state index contributed by atoms with van der Waals surface area (Å²) < 4.78 is 5.18. The van der Waals surface area contributed by atoms with E-state index >= 15 is 0 Å². The molecule has 0 bridgehead atoms. The summed E-state index contributed by atoms with van der Waals surface area (Å²) in [6.07, 6.45) is 1.74. The van der Waals surface area contributed by atoms with Gasteiger partial charge in [-0.25, -0.2) is 4.79 Å². The quantitative estimate of drug-likeness (QED) is 0.722. The number of carbonyl (C=O) groups is 1. The molecule has 1 aliphatic heterocycles. The molecule has 2 rings (SSSR count). The number of benzene rings is 1. The van der Waals surface area contributed by atoms with Crippen LogP contribution in [0.2, 0.25) is 0 Å². The number of rotatable bonds is 1. The first-order valence-electron chi connectivity index (χ1n) is 5.26. The highest BCUT2D eigenvalue weighted by Gasteiger charge is 2.19. The molecule has 4 nitrogen and oxygen atoms in total. The first kappa shape index (κ1) is 10.5. The van der Waals surface area contributed by atoms with Crippen molar-refractivity contribution in [3.63, 3.8) is 0 Å². The van der Waals surface area contributed by atoms with Gasteiger partial charge < -0.3 is 9.64 Å². The molecule has 1 amide bonds. The standard InChI is InChI=1S/C12H12N2O2/c13-9-10-4-3-5-11(8-10)16-12(15)14-6-1-2-7-14/h3-5,8H,1-2,6-7H2. The lowest BCUT2D eigenvalue weighted by Gasteiger charge is -2.14. The molecule has 0 aliphatic carbocycles. The van der Waals surface area contributed by atoms with Crippen molar-refractivity contribution in [3.05, 3.63) is 29.8 Å². The maximum atomic E-state index is 11.6. The Labute approximate surface area is 94.0 Å². The molecular formula is C12H12N2O2. The summed E-state index contributed by atoms with van der Waals surface area (Å²) in [5.41, 5.74) is 0.492. The zero-order valence-corrected chi connectivity index (χ0v) is 8.85. The van der Waals surface area contributed by atoms with Gasteiger partial charge in [-0.1, -0.05) is 6.07 Å².